The number of benzene rings is 2. The number of hydrogen-bond acceptors (Lipinski definition) is 2. The van der Waals surface area contributed by atoms with Crippen molar-refractivity contribution in [3.05, 3.63) is 70.8 Å². The maximum atomic E-state index is 10.6. The highest BCUT2D eigenvalue weighted by Crippen LogP contribution is 2.07. The molecule has 0 radical (unpaired) electrons. The maximum absolute atomic E-state index is 10.6. The van der Waals surface area contributed by atoms with Gasteiger partial charge in [-0.25, -0.2) is 0 Å². The van der Waals surface area contributed by atoms with Gasteiger partial charge >= 0.3 is 5.97 Å². The summed E-state index contributed by atoms with van der Waals surface area (Å²) in [6.45, 7) is 3.77. The zero-order valence-electron chi connectivity index (χ0n) is 12.3. The Morgan fingerprint density at radius 3 is 1.71 bits per heavy atom. The lowest BCUT2D eigenvalue weighted by molar-refractivity contribution is -0.136. The molecule has 2 aromatic carbocycles. The van der Waals surface area contributed by atoms with E-state index in [-0.39, 0.29) is 6.42 Å². The molecule has 0 aliphatic rings. The van der Waals surface area contributed by atoms with Gasteiger partial charge < -0.3 is 10.4 Å². The highest BCUT2D eigenvalue weighted by molar-refractivity contribution is 5.70. The standard InChI is InChI=1S/C18H21NO2/c1-2-14-3-7-16(8-4-14)12-19-13-17-9-5-15(6-10-17)11-18(20)21/h3-10,19H,2,11-13H2,1H3,(H,20,21). The molecule has 0 spiro atoms. The molecule has 0 aromatic heterocycles. The van der Waals surface area contributed by atoms with Gasteiger partial charge in [-0.3, -0.25) is 4.79 Å². The van der Waals surface area contributed by atoms with Crippen molar-refractivity contribution in [3.63, 3.8) is 0 Å². The van der Waals surface area contributed by atoms with Crippen molar-refractivity contribution >= 4 is 5.97 Å². The lowest BCUT2D eigenvalue weighted by atomic mass is 10.1. The van der Waals surface area contributed by atoms with E-state index in [1.165, 1.54) is 11.1 Å². The fourth-order valence-electron chi connectivity index (χ4n) is 2.19. The van der Waals surface area contributed by atoms with Crippen LogP contribution in [-0.4, -0.2) is 11.1 Å². The second-order valence-electron chi connectivity index (χ2n) is 5.16. The van der Waals surface area contributed by atoms with E-state index in [0.717, 1.165) is 30.6 Å². The first-order valence-corrected chi connectivity index (χ1v) is 7.25. The summed E-state index contributed by atoms with van der Waals surface area (Å²) in [5.41, 5.74) is 4.62. The molecule has 0 atom stereocenters. The molecule has 0 fully saturated rings. The number of rotatable bonds is 7. The monoisotopic (exact) mass is 283 g/mol. The van der Waals surface area contributed by atoms with E-state index >= 15 is 0 Å². The Kier molecular flexibility index (Phi) is 5.52. The highest BCUT2D eigenvalue weighted by atomic mass is 16.4. The minimum absolute atomic E-state index is 0.0808. The van der Waals surface area contributed by atoms with Crippen LogP contribution in [0.25, 0.3) is 0 Å². The largest absolute Gasteiger partial charge is 0.481 e. The van der Waals surface area contributed by atoms with Gasteiger partial charge in [-0.05, 0) is 28.7 Å². The summed E-state index contributed by atoms with van der Waals surface area (Å²) >= 11 is 0. The van der Waals surface area contributed by atoms with Crippen LogP contribution in [0.4, 0.5) is 0 Å². The van der Waals surface area contributed by atoms with E-state index in [2.05, 4.69) is 36.5 Å². The summed E-state index contributed by atoms with van der Waals surface area (Å²) in [6, 6.07) is 16.3. The molecule has 2 N–H and O–H groups in total. The van der Waals surface area contributed by atoms with Gasteiger partial charge in [0, 0.05) is 13.1 Å². The normalized spacial score (nSPS) is 10.5. The van der Waals surface area contributed by atoms with Crippen LogP contribution >= 0.6 is 0 Å². The van der Waals surface area contributed by atoms with Gasteiger partial charge in [0.25, 0.3) is 0 Å². The van der Waals surface area contributed by atoms with E-state index in [4.69, 9.17) is 5.11 Å². The minimum atomic E-state index is -0.795. The summed E-state index contributed by atoms with van der Waals surface area (Å²) in [5, 5.41) is 12.1. The van der Waals surface area contributed by atoms with Gasteiger partial charge in [-0.1, -0.05) is 55.5 Å². The van der Waals surface area contributed by atoms with Crippen molar-refractivity contribution < 1.29 is 9.90 Å². The van der Waals surface area contributed by atoms with Crippen LogP contribution in [0.3, 0.4) is 0 Å². The topological polar surface area (TPSA) is 49.3 Å². The molecule has 2 rings (SSSR count). The van der Waals surface area contributed by atoms with Crippen molar-refractivity contribution in [1.82, 2.24) is 5.32 Å². The molecule has 0 saturated heterocycles. The smallest absolute Gasteiger partial charge is 0.307 e. The second-order valence-corrected chi connectivity index (χ2v) is 5.16. The van der Waals surface area contributed by atoms with E-state index in [9.17, 15) is 4.79 Å². The van der Waals surface area contributed by atoms with E-state index in [0.29, 0.717) is 0 Å². The van der Waals surface area contributed by atoms with Gasteiger partial charge in [-0.2, -0.15) is 0 Å². The lowest BCUT2D eigenvalue weighted by Crippen LogP contribution is -2.12. The predicted octanol–water partition coefficient (Wildman–Crippen LogP) is 3.17. The van der Waals surface area contributed by atoms with Gasteiger partial charge in [0.05, 0.1) is 6.42 Å². The second kappa shape index (κ2) is 7.60. The third-order valence-corrected chi connectivity index (χ3v) is 3.47. The van der Waals surface area contributed by atoms with Gasteiger partial charge in [0.2, 0.25) is 0 Å². The molecule has 3 heteroatoms. The predicted molar refractivity (Wildman–Crippen MR) is 84.1 cm³/mol. The first kappa shape index (κ1) is 15.3. The first-order chi connectivity index (χ1) is 10.2. The molecule has 110 valence electrons. The SMILES string of the molecule is CCc1ccc(CNCc2ccc(CC(=O)O)cc2)cc1. The fraction of sp³-hybridized carbons (Fsp3) is 0.278. The van der Waals surface area contributed by atoms with Crippen LogP contribution in [0.5, 0.6) is 0 Å². The van der Waals surface area contributed by atoms with Crippen LogP contribution in [0.1, 0.15) is 29.2 Å². The van der Waals surface area contributed by atoms with Crippen LogP contribution in [0.15, 0.2) is 48.5 Å². The quantitative estimate of drug-likeness (QED) is 0.820. The molecule has 0 heterocycles. The number of carboxylic acids is 1. The maximum Gasteiger partial charge on any atom is 0.307 e. The van der Waals surface area contributed by atoms with Crippen molar-refractivity contribution in [3.8, 4) is 0 Å². The molecular weight excluding hydrogens is 262 g/mol. The van der Waals surface area contributed by atoms with Crippen LogP contribution < -0.4 is 5.32 Å². The molecule has 0 amide bonds. The Balaban J connectivity index is 1.81. The van der Waals surface area contributed by atoms with Crippen molar-refractivity contribution in [1.29, 1.82) is 0 Å². The van der Waals surface area contributed by atoms with E-state index < -0.39 is 5.97 Å². The number of hydrogen-bond donors (Lipinski definition) is 2. The Labute approximate surface area is 125 Å². The summed E-state index contributed by atoms with van der Waals surface area (Å²) in [5.74, 6) is -0.795. The lowest BCUT2D eigenvalue weighted by Gasteiger charge is -2.07. The third-order valence-electron chi connectivity index (χ3n) is 3.47. The number of carbonyl (C=O) groups is 1. The highest BCUT2D eigenvalue weighted by Gasteiger charge is 2.00. The van der Waals surface area contributed by atoms with Gasteiger partial charge in [-0.15, -0.1) is 0 Å². The van der Waals surface area contributed by atoms with Gasteiger partial charge in [0.15, 0.2) is 0 Å². The Morgan fingerprint density at radius 2 is 1.29 bits per heavy atom. The molecule has 2 aromatic rings. The molecule has 3 nitrogen and oxygen atoms in total. The molecule has 0 aliphatic heterocycles. The summed E-state index contributed by atoms with van der Waals surface area (Å²) in [6.07, 6.45) is 1.15. The fourth-order valence-corrected chi connectivity index (χ4v) is 2.19. The molecule has 0 bridgehead atoms. The number of nitrogens with one attached hydrogen (secondary N) is 1. The third kappa shape index (κ3) is 5.04. The number of aryl methyl sites for hydroxylation is 1. The Hall–Kier alpha value is -2.13. The Morgan fingerprint density at radius 1 is 0.857 bits per heavy atom. The van der Waals surface area contributed by atoms with Gasteiger partial charge in [0.1, 0.15) is 0 Å². The number of carboxylic acid groups (broad SMARTS) is 1. The molecule has 21 heavy (non-hydrogen) atoms. The average Bonchev–Trinajstić information content (AvgIpc) is 2.49. The molecular formula is C18H21NO2. The van der Waals surface area contributed by atoms with Crippen molar-refractivity contribution in [2.45, 2.75) is 32.9 Å². The summed E-state index contributed by atoms with van der Waals surface area (Å²) in [4.78, 5) is 10.6. The van der Waals surface area contributed by atoms with Crippen molar-refractivity contribution in [2.24, 2.45) is 0 Å². The first-order valence-electron chi connectivity index (χ1n) is 7.25. The van der Waals surface area contributed by atoms with E-state index in [1.807, 2.05) is 24.3 Å². The minimum Gasteiger partial charge on any atom is -0.481 e. The van der Waals surface area contributed by atoms with Crippen LogP contribution in [0.2, 0.25) is 0 Å². The van der Waals surface area contributed by atoms with E-state index in [1.54, 1.807) is 0 Å². The summed E-state index contributed by atoms with van der Waals surface area (Å²) < 4.78 is 0. The van der Waals surface area contributed by atoms with Crippen LogP contribution in [-0.2, 0) is 30.7 Å². The summed E-state index contributed by atoms with van der Waals surface area (Å²) in [7, 11) is 0. The van der Waals surface area contributed by atoms with Crippen LogP contribution in [0, 0.1) is 0 Å². The number of aliphatic carboxylic acids is 1. The molecule has 0 aliphatic carbocycles. The molecule has 0 saturated carbocycles. The zero-order chi connectivity index (χ0) is 15.1. The molecule has 0 unspecified atom stereocenters. The zero-order valence-corrected chi connectivity index (χ0v) is 12.3. The Bertz CT molecular complexity index is 573. The average molecular weight is 283 g/mol. The van der Waals surface area contributed by atoms with Crippen molar-refractivity contribution in [2.75, 3.05) is 0 Å².